The molecule has 2 aromatic heterocycles. The highest BCUT2D eigenvalue weighted by Crippen LogP contribution is 2.40. The molecule has 11 rings (SSSR count). The van der Waals surface area contributed by atoms with Crippen LogP contribution in [0.3, 0.4) is 0 Å². The number of fused-ring (bicyclic) bond motifs is 3. The van der Waals surface area contributed by atoms with Gasteiger partial charge in [0.1, 0.15) is 11.2 Å². The monoisotopic (exact) mass is 804 g/mol. The summed E-state index contributed by atoms with van der Waals surface area (Å²) in [7, 11) is 0. The second-order valence-corrected chi connectivity index (χ2v) is 15.5. The molecule has 11 aromatic rings. The van der Waals surface area contributed by atoms with Gasteiger partial charge in [-0.3, -0.25) is 0 Å². The maximum atomic E-state index is 7.40. The van der Waals surface area contributed by atoms with Gasteiger partial charge >= 0.3 is 0 Å². The average molecular weight is 805 g/mol. The number of hydrogen-bond acceptors (Lipinski definition) is 4. The van der Waals surface area contributed by atoms with Crippen LogP contribution in [-0.4, -0.2) is 15.0 Å². The summed E-state index contributed by atoms with van der Waals surface area (Å²) >= 11 is 0. The normalized spacial score (nSPS) is 11.2. The summed E-state index contributed by atoms with van der Waals surface area (Å²) in [4.78, 5) is 19.0. The third kappa shape index (κ3) is 7.33. The zero-order valence-corrected chi connectivity index (χ0v) is 34.0. The maximum absolute atomic E-state index is 7.40. The van der Waals surface area contributed by atoms with Gasteiger partial charge in [0.25, 0.3) is 0 Å². The molecule has 5 nitrogen and oxygen atoms in total. The van der Waals surface area contributed by atoms with Crippen molar-refractivity contribution in [3.63, 3.8) is 0 Å². The minimum Gasteiger partial charge on any atom is -0.456 e. The summed E-state index contributed by atoms with van der Waals surface area (Å²) in [6, 6.07) is 74.9. The first-order chi connectivity index (χ1) is 31.1. The van der Waals surface area contributed by atoms with E-state index < -0.39 is 0 Å². The number of nitrogens with zero attached hydrogens (tertiary/aromatic N) is 4. The Balaban J connectivity index is 1.03. The third-order valence-electron chi connectivity index (χ3n) is 11.5. The van der Waals surface area contributed by atoms with E-state index in [1.807, 2.05) is 60.7 Å². The van der Waals surface area contributed by atoms with Gasteiger partial charge in [-0.05, 0) is 98.1 Å². The van der Waals surface area contributed by atoms with E-state index in [9.17, 15) is 0 Å². The van der Waals surface area contributed by atoms with Crippen LogP contribution < -0.4 is 0 Å². The van der Waals surface area contributed by atoms with Crippen LogP contribution in [0.4, 0.5) is 5.69 Å². The lowest BCUT2D eigenvalue weighted by molar-refractivity contribution is 0.669. The van der Waals surface area contributed by atoms with Crippen LogP contribution >= 0.6 is 0 Å². The highest BCUT2D eigenvalue weighted by atomic mass is 16.3. The van der Waals surface area contributed by atoms with Gasteiger partial charge in [0, 0.05) is 27.5 Å². The minimum atomic E-state index is 0.538. The molecular weight excluding hydrogens is 769 g/mol. The molecule has 0 saturated carbocycles. The molecule has 0 unspecified atom stereocenters. The van der Waals surface area contributed by atoms with Crippen LogP contribution in [0.25, 0.3) is 117 Å². The van der Waals surface area contributed by atoms with Crippen molar-refractivity contribution in [2.45, 2.75) is 0 Å². The van der Waals surface area contributed by atoms with Crippen LogP contribution in [0.15, 0.2) is 223 Å². The molecule has 0 amide bonds. The Morgan fingerprint density at radius 3 is 1.25 bits per heavy atom. The average Bonchev–Trinajstić information content (AvgIpc) is 3.75. The first-order valence-corrected chi connectivity index (χ1v) is 20.9. The van der Waals surface area contributed by atoms with Gasteiger partial charge in [0.05, 0.1) is 6.57 Å². The van der Waals surface area contributed by atoms with Crippen molar-refractivity contribution >= 4 is 27.6 Å². The molecule has 0 aliphatic carbocycles. The first kappa shape index (κ1) is 37.3. The first-order valence-electron chi connectivity index (χ1n) is 20.9. The molecule has 63 heavy (non-hydrogen) atoms. The summed E-state index contributed by atoms with van der Waals surface area (Å²) < 4.78 is 6.62. The van der Waals surface area contributed by atoms with Crippen molar-refractivity contribution in [1.29, 1.82) is 0 Å². The quantitative estimate of drug-likeness (QED) is 0.144. The zero-order chi connectivity index (χ0) is 42.1. The SMILES string of the molecule is [C-]#[N+]c1ccc(-c2cccc(-c3nc(-c4cccc(-c5cccc(-c6ccccc6)c5)c4)nc(-c4ccc5c(c4)oc4cccc(-c6cccc(-c7ccccc7)c6)c45)n3)c2)cc1. The van der Waals surface area contributed by atoms with E-state index in [0.29, 0.717) is 23.2 Å². The molecule has 0 saturated heterocycles. The Hall–Kier alpha value is -8.72. The standard InChI is InChI=1S/C58H36N4O/c1-59-50-30-27-40(28-31-50)43-19-10-23-47(35-43)56-60-57(48-24-11-21-45(36-48)44-20-8-17-41(33-44)38-13-4-2-5-14-38)62-58(61-56)49-29-32-52-54(37-49)63-53-26-12-25-51(55(52)53)46-22-9-18-42(34-46)39-15-6-3-7-16-39/h2-37H. The lowest BCUT2D eigenvalue weighted by Crippen LogP contribution is -2.00. The highest BCUT2D eigenvalue weighted by Gasteiger charge is 2.18. The smallest absolute Gasteiger partial charge is 0.187 e. The fourth-order valence-electron chi connectivity index (χ4n) is 8.38. The van der Waals surface area contributed by atoms with Gasteiger partial charge in [-0.2, -0.15) is 0 Å². The lowest BCUT2D eigenvalue weighted by Gasteiger charge is -2.11. The van der Waals surface area contributed by atoms with Crippen LogP contribution in [-0.2, 0) is 0 Å². The highest BCUT2D eigenvalue weighted by molar-refractivity contribution is 6.13. The number of furan rings is 1. The maximum Gasteiger partial charge on any atom is 0.187 e. The van der Waals surface area contributed by atoms with Crippen molar-refractivity contribution < 1.29 is 4.42 Å². The third-order valence-corrected chi connectivity index (χ3v) is 11.5. The Morgan fingerprint density at radius 1 is 0.317 bits per heavy atom. The summed E-state index contributed by atoms with van der Waals surface area (Å²) in [5.41, 5.74) is 15.8. The number of aromatic nitrogens is 3. The number of benzene rings is 9. The molecule has 294 valence electrons. The van der Waals surface area contributed by atoms with Crippen LogP contribution in [0.5, 0.6) is 0 Å². The predicted octanol–water partition coefficient (Wildman–Crippen LogP) is 15.7. The summed E-state index contributed by atoms with van der Waals surface area (Å²) in [6.07, 6.45) is 0. The van der Waals surface area contributed by atoms with E-state index in [4.69, 9.17) is 25.9 Å². The van der Waals surface area contributed by atoms with Gasteiger partial charge in [-0.15, -0.1) is 0 Å². The van der Waals surface area contributed by atoms with Gasteiger partial charge < -0.3 is 4.42 Å². The Bertz CT molecular complexity index is 3510. The Kier molecular flexibility index (Phi) is 9.50. The van der Waals surface area contributed by atoms with Crippen molar-refractivity contribution in [3.05, 3.63) is 230 Å². The molecule has 5 heteroatoms. The van der Waals surface area contributed by atoms with Crippen LogP contribution in [0.2, 0.25) is 0 Å². The second kappa shape index (κ2) is 16.0. The fraction of sp³-hybridized carbons (Fsp3) is 0. The topological polar surface area (TPSA) is 56.2 Å². The largest absolute Gasteiger partial charge is 0.456 e. The predicted molar refractivity (Wildman–Crippen MR) is 257 cm³/mol. The van der Waals surface area contributed by atoms with E-state index in [1.54, 1.807) is 0 Å². The summed E-state index contributed by atoms with van der Waals surface area (Å²) in [6.45, 7) is 7.40. The van der Waals surface area contributed by atoms with E-state index in [2.05, 4.69) is 163 Å². The fourth-order valence-corrected chi connectivity index (χ4v) is 8.38. The molecule has 0 bridgehead atoms. The van der Waals surface area contributed by atoms with E-state index in [0.717, 1.165) is 83.1 Å². The minimum absolute atomic E-state index is 0.538. The molecule has 0 radical (unpaired) electrons. The lowest BCUT2D eigenvalue weighted by atomic mass is 9.96. The molecule has 9 aromatic carbocycles. The van der Waals surface area contributed by atoms with Gasteiger partial charge in [-0.25, -0.2) is 19.8 Å². The molecule has 0 atom stereocenters. The molecule has 0 aliphatic rings. The molecule has 0 spiro atoms. The second-order valence-electron chi connectivity index (χ2n) is 15.5. The summed E-state index contributed by atoms with van der Waals surface area (Å²) in [5.74, 6) is 1.65. The summed E-state index contributed by atoms with van der Waals surface area (Å²) in [5, 5.41) is 2.09. The van der Waals surface area contributed by atoms with Crippen molar-refractivity contribution in [3.8, 4) is 89.8 Å². The van der Waals surface area contributed by atoms with Crippen LogP contribution in [0, 0.1) is 6.57 Å². The Morgan fingerprint density at radius 2 is 0.714 bits per heavy atom. The zero-order valence-electron chi connectivity index (χ0n) is 34.0. The van der Waals surface area contributed by atoms with Gasteiger partial charge in [0.15, 0.2) is 23.2 Å². The molecule has 0 aliphatic heterocycles. The number of rotatable bonds is 8. The van der Waals surface area contributed by atoms with Crippen molar-refractivity contribution in [2.75, 3.05) is 0 Å². The molecule has 0 N–H and O–H groups in total. The van der Waals surface area contributed by atoms with Crippen molar-refractivity contribution in [2.24, 2.45) is 0 Å². The Labute approximate surface area is 365 Å². The van der Waals surface area contributed by atoms with Gasteiger partial charge in [0.2, 0.25) is 0 Å². The van der Waals surface area contributed by atoms with E-state index in [1.165, 1.54) is 11.1 Å². The van der Waals surface area contributed by atoms with E-state index >= 15 is 0 Å². The van der Waals surface area contributed by atoms with Crippen molar-refractivity contribution in [1.82, 2.24) is 15.0 Å². The number of hydrogen-bond donors (Lipinski definition) is 0. The molecule has 2 heterocycles. The van der Waals surface area contributed by atoms with E-state index in [-0.39, 0.29) is 0 Å². The van der Waals surface area contributed by atoms with Crippen LogP contribution in [0.1, 0.15) is 0 Å². The molecule has 0 fully saturated rings. The molecular formula is C58H36N4O. The van der Waals surface area contributed by atoms with Gasteiger partial charge in [-0.1, -0.05) is 176 Å².